The lowest BCUT2D eigenvalue weighted by Gasteiger charge is -2.07. The van der Waals surface area contributed by atoms with Crippen LogP contribution in [0.2, 0.25) is 0 Å². The monoisotopic (exact) mass is 296 g/mol. The highest BCUT2D eigenvalue weighted by molar-refractivity contribution is 6.02. The van der Waals surface area contributed by atoms with Gasteiger partial charge in [0, 0.05) is 18.3 Å². The lowest BCUT2D eigenvalue weighted by molar-refractivity contribution is 0.101. The smallest absolute Gasteiger partial charge is 0.276 e. The van der Waals surface area contributed by atoms with Crippen LogP contribution in [0.15, 0.2) is 41.2 Å². The van der Waals surface area contributed by atoms with Gasteiger partial charge in [0.15, 0.2) is 0 Å². The summed E-state index contributed by atoms with van der Waals surface area (Å²) < 4.78 is 1.30. The molecule has 22 heavy (non-hydrogen) atoms. The van der Waals surface area contributed by atoms with Gasteiger partial charge in [-0.1, -0.05) is 19.4 Å². The number of hydrogen-bond donors (Lipinski definition) is 1. The number of carbonyl (C=O) groups excluding carboxylic acids is 1. The predicted octanol–water partition coefficient (Wildman–Crippen LogP) is 2.17. The third-order valence-corrected chi connectivity index (χ3v) is 3.07. The molecule has 0 saturated carbocycles. The standard InChI is InChI=1S/C16H16N4O2/c1-2-3-9-20-15(21)8-7-14(19-20)16(22)18-13-6-4-5-12(10-13)11-17/h4-8,10H,2-3,9H2,1H3,(H,18,22). The molecule has 1 N–H and O–H groups in total. The molecule has 0 bridgehead atoms. The summed E-state index contributed by atoms with van der Waals surface area (Å²) in [7, 11) is 0. The zero-order valence-electron chi connectivity index (χ0n) is 12.2. The molecule has 0 fully saturated rings. The molecule has 0 spiro atoms. The van der Waals surface area contributed by atoms with E-state index in [0.717, 1.165) is 12.8 Å². The fourth-order valence-electron chi connectivity index (χ4n) is 1.90. The second kappa shape index (κ2) is 7.18. The van der Waals surface area contributed by atoms with Crippen LogP contribution >= 0.6 is 0 Å². The van der Waals surface area contributed by atoms with Gasteiger partial charge >= 0.3 is 0 Å². The van der Waals surface area contributed by atoms with Crippen molar-refractivity contribution < 1.29 is 4.79 Å². The lowest BCUT2D eigenvalue weighted by atomic mass is 10.2. The minimum absolute atomic E-state index is 0.165. The summed E-state index contributed by atoms with van der Waals surface area (Å²) in [6.07, 6.45) is 1.76. The topological polar surface area (TPSA) is 87.8 Å². The Morgan fingerprint density at radius 3 is 2.91 bits per heavy atom. The van der Waals surface area contributed by atoms with Gasteiger partial charge in [0.05, 0.1) is 11.6 Å². The molecule has 0 aliphatic rings. The Bertz CT molecular complexity index is 774. The number of aryl methyl sites for hydroxylation is 1. The first kappa shape index (κ1) is 15.4. The van der Waals surface area contributed by atoms with Crippen molar-refractivity contribution in [2.45, 2.75) is 26.3 Å². The van der Waals surface area contributed by atoms with Crippen molar-refractivity contribution in [2.75, 3.05) is 5.32 Å². The van der Waals surface area contributed by atoms with Crippen molar-refractivity contribution in [1.29, 1.82) is 5.26 Å². The third-order valence-electron chi connectivity index (χ3n) is 3.07. The van der Waals surface area contributed by atoms with Gasteiger partial charge < -0.3 is 5.32 Å². The zero-order valence-corrected chi connectivity index (χ0v) is 12.2. The van der Waals surface area contributed by atoms with Gasteiger partial charge in [-0.15, -0.1) is 0 Å². The minimum atomic E-state index is -0.416. The molecule has 112 valence electrons. The van der Waals surface area contributed by atoms with E-state index >= 15 is 0 Å². The number of nitrogens with one attached hydrogen (secondary N) is 1. The number of carbonyl (C=O) groups is 1. The summed E-state index contributed by atoms with van der Waals surface area (Å²) in [5, 5.41) is 15.6. The molecule has 0 aliphatic heterocycles. The molecular weight excluding hydrogens is 280 g/mol. The highest BCUT2D eigenvalue weighted by Crippen LogP contribution is 2.10. The Labute approximate surface area is 128 Å². The molecule has 2 rings (SSSR count). The minimum Gasteiger partial charge on any atom is -0.321 e. The van der Waals surface area contributed by atoms with Crippen LogP contribution in [0, 0.1) is 11.3 Å². The fraction of sp³-hybridized carbons (Fsp3) is 0.250. The van der Waals surface area contributed by atoms with Crippen molar-refractivity contribution in [2.24, 2.45) is 0 Å². The Morgan fingerprint density at radius 2 is 2.18 bits per heavy atom. The number of hydrogen-bond acceptors (Lipinski definition) is 4. The van der Waals surface area contributed by atoms with Gasteiger partial charge in [0.2, 0.25) is 0 Å². The average molecular weight is 296 g/mol. The van der Waals surface area contributed by atoms with Crippen molar-refractivity contribution in [1.82, 2.24) is 9.78 Å². The van der Waals surface area contributed by atoms with E-state index in [2.05, 4.69) is 10.4 Å². The van der Waals surface area contributed by atoms with Gasteiger partial charge in [-0.25, -0.2) is 4.68 Å². The largest absolute Gasteiger partial charge is 0.321 e. The Kier molecular flexibility index (Phi) is 5.04. The highest BCUT2D eigenvalue weighted by Gasteiger charge is 2.10. The van der Waals surface area contributed by atoms with Gasteiger partial charge in [0.25, 0.3) is 11.5 Å². The summed E-state index contributed by atoms with van der Waals surface area (Å²) in [5.74, 6) is -0.416. The summed E-state index contributed by atoms with van der Waals surface area (Å²) in [6, 6.07) is 11.3. The molecule has 1 heterocycles. The third kappa shape index (κ3) is 3.79. The number of anilines is 1. The normalized spacial score (nSPS) is 10.0. The van der Waals surface area contributed by atoms with Crippen LogP contribution in [0.4, 0.5) is 5.69 Å². The molecule has 2 aromatic rings. The Balaban J connectivity index is 2.18. The highest BCUT2D eigenvalue weighted by atomic mass is 16.2. The first-order valence-corrected chi connectivity index (χ1v) is 7.03. The van der Waals surface area contributed by atoms with Crippen molar-refractivity contribution >= 4 is 11.6 Å². The molecule has 6 nitrogen and oxygen atoms in total. The fourth-order valence-corrected chi connectivity index (χ4v) is 1.90. The van der Waals surface area contributed by atoms with Gasteiger partial charge in [0.1, 0.15) is 5.69 Å². The molecular formula is C16H16N4O2. The Morgan fingerprint density at radius 1 is 1.36 bits per heavy atom. The molecule has 0 unspecified atom stereocenters. The van der Waals surface area contributed by atoms with E-state index in [1.54, 1.807) is 24.3 Å². The summed E-state index contributed by atoms with van der Waals surface area (Å²) >= 11 is 0. The summed E-state index contributed by atoms with van der Waals surface area (Å²) in [4.78, 5) is 23.9. The molecule has 6 heteroatoms. The predicted molar refractivity (Wildman–Crippen MR) is 82.5 cm³/mol. The van der Waals surface area contributed by atoms with Gasteiger partial charge in [-0.05, 0) is 30.7 Å². The number of rotatable bonds is 5. The molecule has 1 aromatic carbocycles. The first-order valence-electron chi connectivity index (χ1n) is 7.03. The van der Waals surface area contributed by atoms with E-state index in [4.69, 9.17) is 5.26 Å². The number of amides is 1. The molecule has 0 atom stereocenters. The van der Waals surface area contributed by atoms with Crippen molar-refractivity contribution in [3.8, 4) is 6.07 Å². The molecule has 1 aromatic heterocycles. The molecule has 0 saturated heterocycles. The molecule has 1 amide bonds. The number of unbranched alkanes of at least 4 members (excludes halogenated alkanes) is 1. The van der Waals surface area contributed by atoms with E-state index in [9.17, 15) is 9.59 Å². The summed E-state index contributed by atoms with van der Waals surface area (Å²) in [5.41, 5.74) is 0.908. The van der Waals surface area contributed by atoms with Crippen molar-refractivity contribution in [3.05, 3.63) is 58.0 Å². The van der Waals surface area contributed by atoms with E-state index in [0.29, 0.717) is 17.8 Å². The van der Waals surface area contributed by atoms with Gasteiger partial charge in [-0.2, -0.15) is 10.4 Å². The van der Waals surface area contributed by atoms with Crippen LogP contribution in [0.1, 0.15) is 35.8 Å². The maximum absolute atomic E-state index is 12.2. The zero-order chi connectivity index (χ0) is 15.9. The van der Waals surface area contributed by atoms with E-state index in [-0.39, 0.29) is 11.3 Å². The average Bonchev–Trinajstić information content (AvgIpc) is 2.54. The van der Waals surface area contributed by atoms with E-state index in [1.165, 1.54) is 16.8 Å². The SMILES string of the molecule is CCCCn1nc(C(=O)Nc2cccc(C#N)c2)ccc1=O. The van der Waals surface area contributed by atoms with Crippen LogP contribution in [0.25, 0.3) is 0 Å². The second-order valence-electron chi connectivity index (χ2n) is 4.78. The Hall–Kier alpha value is -2.94. The van der Waals surface area contributed by atoms with Crippen LogP contribution in [0.3, 0.4) is 0 Å². The quantitative estimate of drug-likeness (QED) is 0.915. The van der Waals surface area contributed by atoms with Crippen molar-refractivity contribution in [3.63, 3.8) is 0 Å². The maximum Gasteiger partial charge on any atom is 0.276 e. The maximum atomic E-state index is 12.2. The first-order chi connectivity index (χ1) is 10.6. The van der Waals surface area contributed by atoms with Crippen LogP contribution < -0.4 is 10.9 Å². The number of aromatic nitrogens is 2. The number of nitrogens with zero attached hydrogens (tertiary/aromatic N) is 3. The second-order valence-corrected chi connectivity index (χ2v) is 4.78. The van der Waals surface area contributed by atoms with Crippen LogP contribution in [-0.2, 0) is 6.54 Å². The van der Waals surface area contributed by atoms with Crippen LogP contribution in [0.5, 0.6) is 0 Å². The number of benzene rings is 1. The molecule has 0 radical (unpaired) electrons. The van der Waals surface area contributed by atoms with E-state index < -0.39 is 5.91 Å². The number of nitriles is 1. The van der Waals surface area contributed by atoms with Crippen LogP contribution in [-0.4, -0.2) is 15.7 Å². The van der Waals surface area contributed by atoms with E-state index in [1.807, 2.05) is 13.0 Å². The molecule has 0 aliphatic carbocycles. The summed E-state index contributed by atoms with van der Waals surface area (Å²) in [6.45, 7) is 2.50. The lowest BCUT2D eigenvalue weighted by Crippen LogP contribution is -2.26. The van der Waals surface area contributed by atoms with Gasteiger partial charge in [-0.3, -0.25) is 9.59 Å².